The minimum Gasteiger partial charge on any atom is -0.364 e. The highest BCUT2D eigenvalue weighted by molar-refractivity contribution is 7.89. The molecule has 4 aromatic rings. The van der Waals surface area contributed by atoms with Gasteiger partial charge < -0.3 is 10.7 Å². The van der Waals surface area contributed by atoms with Crippen molar-refractivity contribution < 1.29 is 17.6 Å². The van der Waals surface area contributed by atoms with E-state index in [0.29, 0.717) is 9.65 Å². The number of rotatable bonds is 4. The van der Waals surface area contributed by atoms with Gasteiger partial charge in [-0.1, -0.05) is 12.1 Å². The van der Waals surface area contributed by atoms with Crippen LogP contribution < -0.4 is 5.73 Å². The first-order chi connectivity index (χ1) is 12.9. The largest absolute Gasteiger partial charge is 0.364 e. The van der Waals surface area contributed by atoms with Crippen LogP contribution in [0.5, 0.6) is 0 Å². The van der Waals surface area contributed by atoms with E-state index in [-0.39, 0.29) is 16.2 Å². The maximum absolute atomic E-state index is 13.2. The van der Waals surface area contributed by atoms with Crippen LogP contribution in [0.1, 0.15) is 10.5 Å². The molecule has 0 bridgehead atoms. The number of aromatic nitrogens is 3. The molecule has 27 heavy (non-hydrogen) atoms. The number of nitrogens with one attached hydrogen (secondary N) is 1. The Hall–Kier alpha value is -3.46. The fourth-order valence-electron chi connectivity index (χ4n) is 2.80. The first-order valence-corrected chi connectivity index (χ1v) is 9.28. The van der Waals surface area contributed by atoms with E-state index < -0.39 is 21.7 Å². The van der Waals surface area contributed by atoms with Crippen LogP contribution in [0.25, 0.3) is 22.0 Å². The number of aromatic amines is 1. The van der Waals surface area contributed by atoms with Crippen LogP contribution >= 0.6 is 0 Å². The highest BCUT2D eigenvalue weighted by atomic mass is 32.2. The Morgan fingerprint density at radius 2 is 1.85 bits per heavy atom. The number of carbonyl (C=O) groups is 1. The number of nitrogens with zero attached hydrogens (tertiary/aromatic N) is 2. The van der Waals surface area contributed by atoms with Crippen molar-refractivity contribution >= 4 is 26.8 Å². The minimum atomic E-state index is -4.05. The molecule has 136 valence electrons. The van der Waals surface area contributed by atoms with Gasteiger partial charge in [-0.05, 0) is 42.0 Å². The molecule has 0 aliphatic rings. The highest BCUT2D eigenvalue weighted by Gasteiger charge is 2.24. The number of H-pyrrole nitrogens is 1. The standard InChI is InChI=1S/C18H13FN4O3S/c19-13-3-1-11(2-4-13)15-10-23(22-17(15)18(20)24)27(25,26)14-5-6-16-12(9-14)7-8-21-16/h1-10,21H,(H2,20,24). The molecule has 0 spiro atoms. The third-order valence-electron chi connectivity index (χ3n) is 4.15. The van der Waals surface area contributed by atoms with E-state index >= 15 is 0 Å². The van der Waals surface area contributed by atoms with Crippen molar-refractivity contribution in [2.45, 2.75) is 4.90 Å². The number of carbonyl (C=O) groups excluding carboxylic acids is 1. The summed E-state index contributed by atoms with van der Waals surface area (Å²) in [5.41, 5.74) is 6.55. The Morgan fingerprint density at radius 3 is 2.56 bits per heavy atom. The van der Waals surface area contributed by atoms with E-state index in [0.717, 1.165) is 10.9 Å². The predicted octanol–water partition coefficient (Wildman–Crippen LogP) is 2.51. The summed E-state index contributed by atoms with van der Waals surface area (Å²) < 4.78 is 39.8. The quantitative estimate of drug-likeness (QED) is 0.563. The number of benzene rings is 2. The van der Waals surface area contributed by atoms with Gasteiger partial charge in [0.1, 0.15) is 5.82 Å². The molecule has 0 aliphatic carbocycles. The molecule has 2 aromatic heterocycles. The third kappa shape index (κ3) is 2.87. The average Bonchev–Trinajstić information content (AvgIpc) is 3.29. The summed E-state index contributed by atoms with van der Waals surface area (Å²) in [5.74, 6) is -1.34. The lowest BCUT2D eigenvalue weighted by Crippen LogP contribution is -2.17. The molecule has 4 rings (SSSR count). The van der Waals surface area contributed by atoms with Gasteiger partial charge in [0.25, 0.3) is 15.9 Å². The molecule has 2 heterocycles. The molecule has 0 radical (unpaired) electrons. The highest BCUT2D eigenvalue weighted by Crippen LogP contribution is 2.26. The zero-order valence-corrected chi connectivity index (χ0v) is 14.6. The van der Waals surface area contributed by atoms with E-state index in [4.69, 9.17) is 5.73 Å². The molecule has 2 aromatic carbocycles. The second-order valence-corrected chi connectivity index (χ2v) is 7.66. The Kier molecular flexibility index (Phi) is 3.81. The molecule has 0 aliphatic heterocycles. The number of amides is 1. The topological polar surface area (TPSA) is 111 Å². The zero-order chi connectivity index (χ0) is 19.2. The van der Waals surface area contributed by atoms with Crippen LogP contribution in [0.2, 0.25) is 0 Å². The van der Waals surface area contributed by atoms with Gasteiger partial charge in [0.05, 0.1) is 11.1 Å². The minimum absolute atomic E-state index is 0.0128. The Balaban J connectivity index is 1.86. The van der Waals surface area contributed by atoms with Gasteiger partial charge in [0.15, 0.2) is 5.69 Å². The predicted molar refractivity (Wildman–Crippen MR) is 97.0 cm³/mol. The molecule has 0 atom stereocenters. The van der Waals surface area contributed by atoms with Crippen molar-refractivity contribution in [2.24, 2.45) is 5.73 Å². The number of hydrogen-bond acceptors (Lipinski definition) is 4. The Labute approximate surface area is 153 Å². The lowest BCUT2D eigenvalue weighted by Gasteiger charge is -2.04. The van der Waals surface area contributed by atoms with Crippen LogP contribution in [0.4, 0.5) is 4.39 Å². The van der Waals surface area contributed by atoms with Crippen LogP contribution in [0.15, 0.2) is 65.8 Å². The molecule has 0 fully saturated rings. The molecule has 0 saturated heterocycles. The van der Waals surface area contributed by atoms with Gasteiger partial charge >= 0.3 is 0 Å². The molecule has 0 unspecified atom stereocenters. The fraction of sp³-hybridized carbons (Fsp3) is 0. The van der Waals surface area contributed by atoms with E-state index in [1.165, 1.54) is 42.6 Å². The van der Waals surface area contributed by atoms with Gasteiger partial charge in [0.2, 0.25) is 0 Å². The summed E-state index contributed by atoms with van der Waals surface area (Å²) in [5, 5.41) is 4.60. The van der Waals surface area contributed by atoms with Crippen LogP contribution in [0.3, 0.4) is 0 Å². The lowest BCUT2D eigenvalue weighted by atomic mass is 10.1. The average molecular weight is 384 g/mol. The second-order valence-electron chi connectivity index (χ2n) is 5.87. The second kappa shape index (κ2) is 6.06. The molecule has 3 N–H and O–H groups in total. The van der Waals surface area contributed by atoms with Crippen molar-refractivity contribution in [3.63, 3.8) is 0 Å². The van der Waals surface area contributed by atoms with Gasteiger partial charge in [-0.15, -0.1) is 0 Å². The lowest BCUT2D eigenvalue weighted by molar-refractivity contribution is 0.0996. The van der Waals surface area contributed by atoms with E-state index in [9.17, 15) is 17.6 Å². The van der Waals surface area contributed by atoms with Gasteiger partial charge in [-0.2, -0.15) is 17.6 Å². The zero-order valence-electron chi connectivity index (χ0n) is 13.8. The van der Waals surface area contributed by atoms with Crippen LogP contribution in [-0.2, 0) is 10.0 Å². The van der Waals surface area contributed by atoms with E-state index in [2.05, 4.69) is 10.1 Å². The first kappa shape index (κ1) is 17.0. The Bertz CT molecular complexity index is 1270. The van der Waals surface area contributed by atoms with Gasteiger partial charge in [-0.25, -0.2) is 4.39 Å². The number of hydrogen-bond donors (Lipinski definition) is 2. The number of halogens is 1. The molecular weight excluding hydrogens is 371 g/mol. The van der Waals surface area contributed by atoms with Crippen molar-refractivity contribution in [1.29, 1.82) is 0 Å². The maximum atomic E-state index is 13.2. The van der Waals surface area contributed by atoms with Crippen LogP contribution in [-0.4, -0.2) is 28.5 Å². The summed E-state index contributed by atoms with van der Waals surface area (Å²) in [4.78, 5) is 14.7. The number of fused-ring (bicyclic) bond motifs is 1. The SMILES string of the molecule is NC(=O)c1nn(S(=O)(=O)c2ccc3[nH]ccc3c2)cc1-c1ccc(F)cc1. The van der Waals surface area contributed by atoms with Crippen molar-refractivity contribution in [3.8, 4) is 11.1 Å². The summed E-state index contributed by atoms with van der Waals surface area (Å²) in [7, 11) is -4.05. The van der Waals surface area contributed by atoms with Gasteiger partial charge in [-0.3, -0.25) is 4.79 Å². The molecule has 1 amide bonds. The van der Waals surface area contributed by atoms with Crippen molar-refractivity contribution in [2.75, 3.05) is 0 Å². The number of nitrogens with two attached hydrogens (primary N) is 1. The summed E-state index contributed by atoms with van der Waals surface area (Å²) in [6, 6.07) is 11.6. The number of primary amides is 1. The molecule has 9 heteroatoms. The molecule has 7 nitrogen and oxygen atoms in total. The summed E-state index contributed by atoms with van der Waals surface area (Å²) in [6.45, 7) is 0. The van der Waals surface area contributed by atoms with Gasteiger partial charge in [0, 0.05) is 22.7 Å². The summed E-state index contributed by atoms with van der Waals surface area (Å²) >= 11 is 0. The molecular formula is C18H13FN4O3S. The Morgan fingerprint density at radius 1 is 1.11 bits per heavy atom. The smallest absolute Gasteiger partial charge is 0.283 e. The van der Waals surface area contributed by atoms with E-state index in [1.54, 1.807) is 18.3 Å². The monoisotopic (exact) mass is 384 g/mol. The fourth-order valence-corrected chi connectivity index (χ4v) is 3.96. The molecule has 0 saturated carbocycles. The van der Waals surface area contributed by atoms with Crippen molar-refractivity contribution in [3.05, 3.63) is 72.4 Å². The third-order valence-corrected chi connectivity index (χ3v) is 5.68. The normalized spacial score (nSPS) is 11.7. The maximum Gasteiger partial charge on any atom is 0.283 e. The van der Waals surface area contributed by atoms with Crippen LogP contribution in [0, 0.1) is 5.82 Å². The van der Waals surface area contributed by atoms with Crippen molar-refractivity contribution in [1.82, 2.24) is 14.2 Å². The summed E-state index contributed by atoms with van der Waals surface area (Å²) in [6.07, 6.45) is 2.90. The first-order valence-electron chi connectivity index (χ1n) is 7.84. The van der Waals surface area contributed by atoms with E-state index in [1.807, 2.05) is 0 Å².